The van der Waals surface area contributed by atoms with Crippen molar-refractivity contribution >= 4 is 27.3 Å². The van der Waals surface area contributed by atoms with Crippen molar-refractivity contribution in [3.63, 3.8) is 0 Å². The molecule has 0 aliphatic heterocycles. The van der Waals surface area contributed by atoms with Gasteiger partial charge in [-0.05, 0) is 12.1 Å². The smallest absolute Gasteiger partial charge is 0.225 e. The number of para-hydroxylation sites is 1. The summed E-state index contributed by atoms with van der Waals surface area (Å²) in [6.45, 7) is 0. The Bertz CT molecular complexity index is 547. The second-order valence-corrected chi connectivity index (χ2v) is 3.86. The Kier molecular flexibility index (Phi) is 2.35. The number of hydrogen-bond acceptors (Lipinski definition) is 4. The van der Waals surface area contributed by atoms with Crippen LogP contribution in [0.2, 0.25) is 0 Å². The molecular weight excluding hydrogens is 213 g/mol. The summed E-state index contributed by atoms with van der Waals surface area (Å²) in [6.07, 6.45) is 0. The summed E-state index contributed by atoms with van der Waals surface area (Å²) in [5.41, 5.74) is 6.00. The Morgan fingerprint density at radius 1 is 1.47 bits per heavy atom. The number of aromatic nitrogens is 1. The molecule has 0 fully saturated rings. The van der Waals surface area contributed by atoms with Crippen LogP contribution in [0.4, 0.5) is 4.39 Å². The lowest BCUT2D eigenvalue weighted by Gasteiger charge is -1.91. The predicted octanol–water partition coefficient (Wildman–Crippen LogP) is 2.42. The van der Waals surface area contributed by atoms with Crippen LogP contribution in [-0.2, 0) is 0 Å². The molecule has 3 nitrogen and oxygen atoms in total. The van der Waals surface area contributed by atoms with Gasteiger partial charge in [0.1, 0.15) is 16.8 Å². The average molecular weight is 219 g/mol. The summed E-state index contributed by atoms with van der Waals surface area (Å²) < 4.78 is 13.8. The lowest BCUT2D eigenvalue weighted by Crippen LogP contribution is -1.97. The van der Waals surface area contributed by atoms with Gasteiger partial charge in [0.15, 0.2) is 0 Å². The monoisotopic (exact) mass is 219 g/mol. The first-order valence-corrected chi connectivity index (χ1v) is 4.95. The third kappa shape index (κ3) is 1.67. The molecule has 0 spiro atoms. The normalized spacial score (nSPS) is 12.3. The van der Waals surface area contributed by atoms with Gasteiger partial charge < -0.3 is 5.73 Å². The van der Waals surface area contributed by atoms with Gasteiger partial charge in [-0.15, -0.1) is 11.3 Å². The van der Waals surface area contributed by atoms with E-state index in [0.29, 0.717) is 5.01 Å². The zero-order chi connectivity index (χ0) is 10.8. The van der Waals surface area contributed by atoms with Gasteiger partial charge in [0, 0.05) is 0 Å². The lowest BCUT2D eigenvalue weighted by molar-refractivity contribution is 0.673. The molecule has 1 heterocycles. The van der Waals surface area contributed by atoms with E-state index in [2.05, 4.69) is 4.98 Å². The highest BCUT2D eigenvalue weighted by Gasteiger charge is 2.10. The number of halogens is 1. The Morgan fingerprint density at radius 2 is 2.20 bits per heavy atom. The van der Waals surface area contributed by atoms with E-state index in [1.807, 2.05) is 24.3 Å². The van der Waals surface area contributed by atoms with Gasteiger partial charge in [0.2, 0.25) is 5.83 Å². The molecule has 0 atom stereocenters. The molecule has 0 aliphatic carbocycles. The molecule has 0 unspecified atom stereocenters. The number of fused-ring (bicyclic) bond motifs is 1. The molecular formula is C10H6FN3S. The summed E-state index contributed by atoms with van der Waals surface area (Å²) in [5.74, 6) is -0.992. The minimum absolute atomic E-state index is 0.196. The van der Waals surface area contributed by atoms with Crippen molar-refractivity contribution in [3.05, 3.63) is 35.1 Å². The first-order valence-electron chi connectivity index (χ1n) is 4.13. The zero-order valence-corrected chi connectivity index (χ0v) is 8.38. The Labute approximate surface area is 89.3 Å². The second kappa shape index (κ2) is 3.67. The van der Waals surface area contributed by atoms with Crippen LogP contribution in [0.1, 0.15) is 5.01 Å². The third-order valence-electron chi connectivity index (χ3n) is 1.86. The van der Waals surface area contributed by atoms with E-state index in [1.54, 1.807) is 0 Å². The molecule has 1 aromatic heterocycles. The molecule has 1 aromatic carbocycles. The fourth-order valence-corrected chi connectivity index (χ4v) is 2.06. The fourth-order valence-electron chi connectivity index (χ4n) is 1.14. The number of benzene rings is 1. The first-order chi connectivity index (χ1) is 7.22. The number of nitriles is 1. The standard InChI is InChI=1S/C10H6FN3S/c11-6(5-12)9(13)10-14-7-3-1-2-4-8(7)15-10/h1-4H,13H2. The molecule has 2 rings (SSSR count). The van der Waals surface area contributed by atoms with Crippen LogP contribution in [0.3, 0.4) is 0 Å². The zero-order valence-electron chi connectivity index (χ0n) is 7.57. The van der Waals surface area contributed by atoms with Gasteiger partial charge in [-0.1, -0.05) is 12.1 Å². The Hall–Kier alpha value is -1.93. The van der Waals surface area contributed by atoms with Crippen LogP contribution in [-0.4, -0.2) is 4.98 Å². The van der Waals surface area contributed by atoms with Crippen molar-refractivity contribution in [2.24, 2.45) is 5.73 Å². The molecule has 0 amide bonds. The second-order valence-electron chi connectivity index (χ2n) is 2.83. The van der Waals surface area contributed by atoms with Gasteiger partial charge in [-0.2, -0.15) is 9.65 Å². The van der Waals surface area contributed by atoms with E-state index in [9.17, 15) is 4.39 Å². The van der Waals surface area contributed by atoms with Crippen molar-refractivity contribution in [1.82, 2.24) is 4.98 Å². The molecule has 74 valence electrons. The highest BCUT2D eigenvalue weighted by Crippen LogP contribution is 2.26. The Balaban J connectivity index is 2.60. The molecule has 0 saturated heterocycles. The molecule has 5 heteroatoms. The van der Waals surface area contributed by atoms with E-state index in [0.717, 1.165) is 10.2 Å². The van der Waals surface area contributed by atoms with Crippen LogP contribution >= 0.6 is 11.3 Å². The van der Waals surface area contributed by atoms with Gasteiger partial charge in [-0.25, -0.2) is 4.98 Å². The molecule has 0 saturated carbocycles. The largest absolute Gasteiger partial charge is 0.393 e. The summed E-state index contributed by atoms with van der Waals surface area (Å²) in [7, 11) is 0. The van der Waals surface area contributed by atoms with Crippen molar-refractivity contribution in [2.45, 2.75) is 0 Å². The minimum Gasteiger partial charge on any atom is -0.393 e. The predicted molar refractivity (Wildman–Crippen MR) is 57.4 cm³/mol. The molecule has 2 aromatic rings. The van der Waals surface area contributed by atoms with E-state index in [-0.39, 0.29) is 5.70 Å². The maximum Gasteiger partial charge on any atom is 0.225 e. The fraction of sp³-hybridized carbons (Fsp3) is 0. The van der Waals surface area contributed by atoms with E-state index in [4.69, 9.17) is 11.0 Å². The van der Waals surface area contributed by atoms with Crippen LogP contribution in [0.15, 0.2) is 30.1 Å². The minimum atomic E-state index is -0.992. The highest BCUT2D eigenvalue weighted by molar-refractivity contribution is 7.19. The van der Waals surface area contributed by atoms with Crippen LogP contribution in [0.25, 0.3) is 15.9 Å². The molecule has 0 radical (unpaired) electrons. The third-order valence-corrected chi connectivity index (χ3v) is 2.93. The van der Waals surface area contributed by atoms with E-state index >= 15 is 0 Å². The molecule has 15 heavy (non-hydrogen) atoms. The van der Waals surface area contributed by atoms with Crippen molar-refractivity contribution < 1.29 is 4.39 Å². The quantitative estimate of drug-likeness (QED) is 0.749. The average Bonchev–Trinajstić information content (AvgIpc) is 2.70. The summed E-state index contributed by atoms with van der Waals surface area (Å²) in [6, 6.07) is 8.75. The van der Waals surface area contributed by atoms with Gasteiger partial charge >= 0.3 is 0 Å². The number of rotatable bonds is 1. The Morgan fingerprint density at radius 3 is 2.87 bits per heavy atom. The number of nitrogens with two attached hydrogens (primary N) is 1. The SMILES string of the molecule is N#CC(F)=C(N)c1nc2ccccc2s1. The van der Waals surface area contributed by atoms with Gasteiger partial charge in [0.05, 0.1) is 10.2 Å². The van der Waals surface area contributed by atoms with Crippen LogP contribution in [0.5, 0.6) is 0 Å². The number of nitrogens with zero attached hydrogens (tertiary/aromatic N) is 2. The van der Waals surface area contributed by atoms with Crippen molar-refractivity contribution in [1.29, 1.82) is 5.26 Å². The lowest BCUT2D eigenvalue weighted by atomic mass is 10.3. The van der Waals surface area contributed by atoms with E-state index < -0.39 is 5.83 Å². The highest BCUT2D eigenvalue weighted by atomic mass is 32.1. The maximum atomic E-state index is 12.9. The van der Waals surface area contributed by atoms with Crippen LogP contribution < -0.4 is 5.73 Å². The molecule has 0 bridgehead atoms. The first kappa shape index (κ1) is 9.62. The summed E-state index contributed by atoms with van der Waals surface area (Å²) in [4.78, 5) is 4.13. The number of hydrogen-bond donors (Lipinski definition) is 1. The molecule has 2 N–H and O–H groups in total. The van der Waals surface area contributed by atoms with Gasteiger partial charge in [-0.3, -0.25) is 0 Å². The van der Waals surface area contributed by atoms with Crippen molar-refractivity contribution in [2.75, 3.05) is 0 Å². The molecule has 0 aliphatic rings. The summed E-state index contributed by atoms with van der Waals surface area (Å²) >= 11 is 1.26. The summed E-state index contributed by atoms with van der Waals surface area (Å²) in [5, 5.41) is 8.70. The van der Waals surface area contributed by atoms with Gasteiger partial charge in [0.25, 0.3) is 0 Å². The maximum absolute atomic E-state index is 12.9. The van der Waals surface area contributed by atoms with Crippen molar-refractivity contribution in [3.8, 4) is 6.07 Å². The number of thiazole rings is 1. The number of allylic oxidation sites excluding steroid dienone is 1. The topological polar surface area (TPSA) is 62.7 Å². The van der Waals surface area contributed by atoms with Crippen LogP contribution in [0, 0.1) is 11.3 Å². The van der Waals surface area contributed by atoms with E-state index in [1.165, 1.54) is 17.4 Å².